The molecule has 0 fully saturated rings. The molecule has 0 aliphatic carbocycles. The number of methoxy groups -OCH3 is 1. The lowest BCUT2D eigenvalue weighted by molar-refractivity contribution is 0.196. The van der Waals surface area contributed by atoms with Crippen LogP contribution < -0.4 is 10.1 Å². The van der Waals surface area contributed by atoms with E-state index in [1.54, 1.807) is 18.9 Å². The fraction of sp³-hybridized carbons (Fsp3) is 0.647. The Kier molecular flexibility index (Phi) is 7.04. The summed E-state index contributed by atoms with van der Waals surface area (Å²) in [5, 5.41) is 13.3. The number of nitrogens with one attached hydrogen (secondary N) is 1. The Morgan fingerprint density at radius 1 is 1.29 bits per heavy atom. The quantitative estimate of drug-likeness (QED) is 0.807. The first kappa shape index (κ1) is 18.3. The maximum atomic E-state index is 9.59. The highest BCUT2D eigenvalue weighted by atomic mass is 32.2. The topological polar surface area (TPSA) is 41.5 Å². The van der Waals surface area contributed by atoms with E-state index < -0.39 is 0 Å². The normalized spacial score (nSPS) is 14.8. The summed E-state index contributed by atoms with van der Waals surface area (Å²) in [5.41, 5.74) is 2.55. The van der Waals surface area contributed by atoms with Gasteiger partial charge in [0, 0.05) is 28.6 Å². The highest BCUT2D eigenvalue weighted by molar-refractivity contribution is 7.99. The number of aliphatic hydroxyl groups is 1. The van der Waals surface area contributed by atoms with Crippen LogP contribution in [0.2, 0.25) is 0 Å². The predicted molar refractivity (Wildman–Crippen MR) is 92.0 cm³/mol. The van der Waals surface area contributed by atoms with Crippen molar-refractivity contribution in [2.24, 2.45) is 0 Å². The molecule has 1 aromatic rings. The molecule has 0 bridgehead atoms. The van der Waals surface area contributed by atoms with Crippen LogP contribution >= 0.6 is 11.8 Å². The molecule has 4 heteroatoms. The van der Waals surface area contributed by atoms with Crippen LogP contribution in [0.25, 0.3) is 0 Å². The molecule has 0 spiro atoms. The summed E-state index contributed by atoms with van der Waals surface area (Å²) in [6, 6.07) is 6.33. The smallest absolute Gasteiger partial charge is 0.122 e. The minimum absolute atomic E-state index is 0.107. The van der Waals surface area contributed by atoms with Crippen LogP contribution in [0, 0.1) is 0 Å². The molecule has 1 rings (SSSR count). The van der Waals surface area contributed by atoms with Crippen LogP contribution in [0.5, 0.6) is 5.75 Å². The second kappa shape index (κ2) is 8.06. The van der Waals surface area contributed by atoms with E-state index in [9.17, 15) is 5.11 Å². The van der Waals surface area contributed by atoms with Crippen LogP contribution in [-0.4, -0.2) is 29.1 Å². The van der Waals surface area contributed by atoms with Crippen molar-refractivity contribution in [2.45, 2.75) is 63.8 Å². The number of aliphatic hydroxyl groups excluding tert-OH is 1. The lowest BCUT2D eigenvalue weighted by atomic mass is 10.1. The second-order valence-electron chi connectivity index (χ2n) is 6.51. The number of rotatable bonds is 7. The third kappa shape index (κ3) is 6.72. The molecule has 120 valence electrons. The van der Waals surface area contributed by atoms with Crippen LogP contribution in [0.1, 0.15) is 45.7 Å². The van der Waals surface area contributed by atoms with Gasteiger partial charge < -0.3 is 15.2 Å². The van der Waals surface area contributed by atoms with Crippen molar-refractivity contribution in [2.75, 3.05) is 7.11 Å². The molecule has 0 heterocycles. The van der Waals surface area contributed by atoms with Crippen molar-refractivity contribution >= 4 is 11.8 Å². The third-order valence-corrected chi connectivity index (χ3v) is 4.75. The summed E-state index contributed by atoms with van der Waals surface area (Å²) in [6.07, 6.45) is -0.299. The zero-order chi connectivity index (χ0) is 16.0. The van der Waals surface area contributed by atoms with Crippen LogP contribution in [0.4, 0.5) is 0 Å². The van der Waals surface area contributed by atoms with Gasteiger partial charge in [0.05, 0.1) is 13.2 Å². The predicted octanol–water partition coefficient (Wildman–Crippen LogP) is 3.59. The SMILES string of the molecule is COc1ccc(CNC(C)(C)C)cc1CSC(C)C(C)O. The van der Waals surface area contributed by atoms with E-state index in [1.165, 1.54) is 11.1 Å². The molecule has 2 unspecified atom stereocenters. The molecule has 0 aliphatic rings. The lowest BCUT2D eigenvalue weighted by Crippen LogP contribution is -2.35. The van der Waals surface area contributed by atoms with Crippen LogP contribution in [0.15, 0.2) is 18.2 Å². The first-order valence-electron chi connectivity index (χ1n) is 7.43. The molecule has 2 atom stereocenters. The van der Waals surface area contributed by atoms with Gasteiger partial charge in [-0.25, -0.2) is 0 Å². The van der Waals surface area contributed by atoms with Crippen molar-refractivity contribution in [3.63, 3.8) is 0 Å². The Balaban J connectivity index is 2.75. The zero-order valence-corrected chi connectivity index (χ0v) is 14.9. The number of hydrogen-bond acceptors (Lipinski definition) is 4. The van der Waals surface area contributed by atoms with Gasteiger partial charge >= 0.3 is 0 Å². The third-order valence-electron chi connectivity index (χ3n) is 3.35. The van der Waals surface area contributed by atoms with Gasteiger partial charge in [-0.3, -0.25) is 0 Å². The largest absolute Gasteiger partial charge is 0.496 e. The number of thioether (sulfide) groups is 1. The van der Waals surface area contributed by atoms with E-state index in [1.807, 2.05) is 19.9 Å². The first-order valence-corrected chi connectivity index (χ1v) is 8.48. The molecule has 0 amide bonds. The zero-order valence-electron chi connectivity index (χ0n) is 14.1. The molecule has 21 heavy (non-hydrogen) atoms. The average Bonchev–Trinajstić information content (AvgIpc) is 2.41. The summed E-state index contributed by atoms with van der Waals surface area (Å²) >= 11 is 1.75. The Bertz CT molecular complexity index is 441. The van der Waals surface area contributed by atoms with Gasteiger partial charge in [0.15, 0.2) is 0 Å². The van der Waals surface area contributed by atoms with Gasteiger partial charge in [-0.05, 0) is 45.4 Å². The number of ether oxygens (including phenoxy) is 1. The van der Waals surface area contributed by atoms with E-state index in [4.69, 9.17) is 4.74 Å². The van der Waals surface area contributed by atoms with Crippen molar-refractivity contribution in [3.05, 3.63) is 29.3 Å². The molecule has 3 nitrogen and oxygen atoms in total. The maximum Gasteiger partial charge on any atom is 0.122 e. The molecule has 0 aromatic heterocycles. The Morgan fingerprint density at radius 2 is 1.95 bits per heavy atom. The summed E-state index contributed by atoms with van der Waals surface area (Å²) in [4.78, 5) is 0. The van der Waals surface area contributed by atoms with E-state index in [2.05, 4.69) is 38.2 Å². The molecular formula is C17H29NO2S. The Morgan fingerprint density at radius 3 is 2.48 bits per heavy atom. The van der Waals surface area contributed by atoms with Crippen LogP contribution in [0.3, 0.4) is 0 Å². The summed E-state index contributed by atoms with van der Waals surface area (Å²) in [5.74, 6) is 1.76. The Hall–Kier alpha value is -0.710. The molecule has 1 aromatic carbocycles. The van der Waals surface area contributed by atoms with Gasteiger partial charge in [-0.15, -0.1) is 0 Å². The fourth-order valence-electron chi connectivity index (χ4n) is 1.78. The van der Waals surface area contributed by atoms with E-state index in [0.29, 0.717) is 0 Å². The monoisotopic (exact) mass is 311 g/mol. The van der Waals surface area contributed by atoms with Crippen molar-refractivity contribution in [1.82, 2.24) is 5.32 Å². The van der Waals surface area contributed by atoms with Gasteiger partial charge in [-0.2, -0.15) is 11.8 Å². The van der Waals surface area contributed by atoms with Gasteiger partial charge in [0.2, 0.25) is 0 Å². The molecule has 0 saturated carbocycles. The van der Waals surface area contributed by atoms with Crippen LogP contribution in [-0.2, 0) is 12.3 Å². The van der Waals surface area contributed by atoms with Crippen molar-refractivity contribution in [3.8, 4) is 5.75 Å². The van der Waals surface area contributed by atoms with Gasteiger partial charge in [0.1, 0.15) is 5.75 Å². The van der Waals surface area contributed by atoms with E-state index in [-0.39, 0.29) is 16.9 Å². The summed E-state index contributed by atoms with van der Waals surface area (Å²) in [6.45, 7) is 11.2. The summed E-state index contributed by atoms with van der Waals surface area (Å²) < 4.78 is 5.44. The molecular weight excluding hydrogens is 282 g/mol. The first-order chi connectivity index (χ1) is 9.73. The van der Waals surface area contributed by atoms with Crippen molar-refractivity contribution < 1.29 is 9.84 Å². The molecule has 2 N–H and O–H groups in total. The van der Waals surface area contributed by atoms with E-state index in [0.717, 1.165) is 18.0 Å². The highest BCUT2D eigenvalue weighted by Crippen LogP contribution is 2.27. The number of benzene rings is 1. The summed E-state index contributed by atoms with van der Waals surface area (Å²) in [7, 11) is 1.70. The highest BCUT2D eigenvalue weighted by Gasteiger charge is 2.13. The minimum Gasteiger partial charge on any atom is -0.496 e. The molecule has 0 radical (unpaired) electrons. The van der Waals surface area contributed by atoms with E-state index >= 15 is 0 Å². The molecule has 0 aliphatic heterocycles. The standard InChI is InChI=1S/C17H29NO2S/c1-12(19)13(2)21-11-15-9-14(7-8-16(15)20-6)10-18-17(3,4)5/h7-9,12-13,18-19H,10-11H2,1-6H3. The van der Waals surface area contributed by atoms with Gasteiger partial charge in [-0.1, -0.05) is 13.0 Å². The number of hydrogen-bond donors (Lipinski definition) is 2. The lowest BCUT2D eigenvalue weighted by Gasteiger charge is -2.21. The van der Waals surface area contributed by atoms with Gasteiger partial charge in [0.25, 0.3) is 0 Å². The Labute approximate surface area is 133 Å². The maximum absolute atomic E-state index is 9.59. The average molecular weight is 311 g/mol. The second-order valence-corrected chi connectivity index (χ2v) is 7.87. The fourth-order valence-corrected chi connectivity index (χ4v) is 2.73. The minimum atomic E-state index is -0.299. The van der Waals surface area contributed by atoms with Crippen molar-refractivity contribution in [1.29, 1.82) is 0 Å². The molecule has 0 saturated heterocycles.